The quantitative estimate of drug-likeness (QED) is 0.859. The molecule has 0 aliphatic heterocycles. The van der Waals surface area contributed by atoms with Crippen LogP contribution in [0, 0.1) is 9.39 Å². The van der Waals surface area contributed by atoms with Gasteiger partial charge in [0.1, 0.15) is 5.82 Å². The van der Waals surface area contributed by atoms with Crippen LogP contribution >= 0.6 is 22.6 Å². The summed E-state index contributed by atoms with van der Waals surface area (Å²) in [5.74, 6) is -0.360. The molecule has 0 aliphatic rings. The number of halogens is 2. The standard InChI is InChI=1S/C11H10FIN2O/c1-7(16)10-4-8(12)2-3-11(10)15-6-9(13)5-14-15/h2-7,16H,1H3/t7-/m1/s1. The molecule has 2 aromatic rings. The van der Waals surface area contributed by atoms with E-state index in [0.717, 1.165) is 3.57 Å². The first-order valence-electron chi connectivity index (χ1n) is 4.76. The predicted octanol–water partition coefficient (Wildman–Crippen LogP) is 2.67. The molecular weight excluding hydrogens is 322 g/mol. The topological polar surface area (TPSA) is 38.0 Å². The monoisotopic (exact) mass is 332 g/mol. The highest BCUT2D eigenvalue weighted by Gasteiger charge is 2.11. The highest BCUT2D eigenvalue weighted by Crippen LogP contribution is 2.22. The minimum Gasteiger partial charge on any atom is -0.389 e. The first-order valence-corrected chi connectivity index (χ1v) is 5.84. The van der Waals surface area contributed by atoms with Crippen LogP contribution in [-0.2, 0) is 0 Å². The number of aliphatic hydroxyl groups is 1. The average molecular weight is 332 g/mol. The van der Waals surface area contributed by atoms with Crippen molar-refractivity contribution in [2.75, 3.05) is 0 Å². The van der Waals surface area contributed by atoms with Crippen molar-refractivity contribution in [2.45, 2.75) is 13.0 Å². The molecule has 2 rings (SSSR count). The molecule has 1 heterocycles. The molecule has 1 atom stereocenters. The molecule has 0 aliphatic carbocycles. The Morgan fingerprint density at radius 2 is 2.25 bits per heavy atom. The van der Waals surface area contributed by atoms with Gasteiger partial charge in [0.2, 0.25) is 0 Å². The third-order valence-corrected chi connectivity index (χ3v) is 2.79. The lowest BCUT2D eigenvalue weighted by Crippen LogP contribution is -2.03. The molecule has 5 heteroatoms. The van der Waals surface area contributed by atoms with Gasteiger partial charge in [-0.3, -0.25) is 0 Å². The Balaban J connectivity index is 2.56. The lowest BCUT2D eigenvalue weighted by atomic mass is 10.1. The summed E-state index contributed by atoms with van der Waals surface area (Å²) in [7, 11) is 0. The Kier molecular flexibility index (Phi) is 3.25. The van der Waals surface area contributed by atoms with Crippen molar-refractivity contribution in [3.63, 3.8) is 0 Å². The van der Waals surface area contributed by atoms with E-state index in [2.05, 4.69) is 27.7 Å². The molecule has 0 unspecified atom stereocenters. The number of benzene rings is 1. The van der Waals surface area contributed by atoms with Gasteiger partial charge >= 0.3 is 0 Å². The molecule has 3 nitrogen and oxygen atoms in total. The van der Waals surface area contributed by atoms with Crippen molar-refractivity contribution in [1.82, 2.24) is 9.78 Å². The SMILES string of the molecule is C[C@@H](O)c1cc(F)ccc1-n1cc(I)cn1. The minimum absolute atomic E-state index is 0.360. The molecule has 0 fully saturated rings. The van der Waals surface area contributed by atoms with Gasteiger partial charge in [0, 0.05) is 11.8 Å². The zero-order valence-electron chi connectivity index (χ0n) is 8.56. The number of nitrogens with zero attached hydrogens (tertiary/aromatic N) is 2. The molecule has 1 N–H and O–H groups in total. The van der Waals surface area contributed by atoms with E-state index in [9.17, 15) is 9.50 Å². The third kappa shape index (κ3) is 2.25. The Bertz CT molecular complexity index is 510. The average Bonchev–Trinajstić information content (AvgIpc) is 2.64. The summed E-state index contributed by atoms with van der Waals surface area (Å²) in [6.07, 6.45) is 2.79. The maximum Gasteiger partial charge on any atom is 0.123 e. The Morgan fingerprint density at radius 1 is 1.50 bits per heavy atom. The van der Waals surface area contributed by atoms with Crippen LogP contribution in [0.2, 0.25) is 0 Å². The highest BCUT2D eigenvalue weighted by atomic mass is 127. The van der Waals surface area contributed by atoms with Crippen LogP contribution in [0.15, 0.2) is 30.6 Å². The van der Waals surface area contributed by atoms with Crippen molar-refractivity contribution >= 4 is 22.6 Å². The zero-order chi connectivity index (χ0) is 11.7. The van der Waals surface area contributed by atoms with E-state index in [1.807, 2.05) is 6.20 Å². The van der Waals surface area contributed by atoms with Crippen molar-refractivity contribution < 1.29 is 9.50 Å². The lowest BCUT2D eigenvalue weighted by molar-refractivity contribution is 0.198. The van der Waals surface area contributed by atoms with Crippen molar-refractivity contribution in [1.29, 1.82) is 0 Å². The molecule has 16 heavy (non-hydrogen) atoms. The predicted molar refractivity (Wildman–Crippen MR) is 66.9 cm³/mol. The number of hydrogen-bond donors (Lipinski definition) is 1. The molecule has 0 amide bonds. The molecular formula is C11H10FIN2O. The first kappa shape index (κ1) is 11.5. The van der Waals surface area contributed by atoms with Crippen LogP contribution in [0.25, 0.3) is 5.69 Å². The summed E-state index contributed by atoms with van der Waals surface area (Å²) in [6.45, 7) is 1.60. The van der Waals surface area contributed by atoms with E-state index in [0.29, 0.717) is 11.3 Å². The summed E-state index contributed by atoms with van der Waals surface area (Å²) in [4.78, 5) is 0. The number of rotatable bonds is 2. The molecule has 0 spiro atoms. The van der Waals surface area contributed by atoms with Crippen LogP contribution < -0.4 is 0 Å². The summed E-state index contributed by atoms with van der Waals surface area (Å²) in [6, 6.07) is 4.30. The van der Waals surface area contributed by atoms with Crippen LogP contribution in [-0.4, -0.2) is 14.9 Å². The van der Waals surface area contributed by atoms with Crippen molar-refractivity contribution in [3.05, 3.63) is 45.5 Å². The molecule has 1 aromatic carbocycles. The summed E-state index contributed by atoms with van der Waals surface area (Å²) in [5, 5.41) is 13.7. The van der Waals surface area contributed by atoms with Crippen LogP contribution in [0.5, 0.6) is 0 Å². The molecule has 0 saturated heterocycles. The highest BCUT2D eigenvalue weighted by molar-refractivity contribution is 14.1. The second-order valence-corrected chi connectivity index (χ2v) is 4.73. The third-order valence-electron chi connectivity index (χ3n) is 2.24. The van der Waals surface area contributed by atoms with Gasteiger partial charge in [-0.1, -0.05) is 0 Å². The minimum atomic E-state index is -0.729. The van der Waals surface area contributed by atoms with E-state index in [4.69, 9.17) is 0 Å². The number of hydrogen-bond acceptors (Lipinski definition) is 2. The molecule has 0 radical (unpaired) electrons. The van der Waals surface area contributed by atoms with Crippen LogP contribution in [0.1, 0.15) is 18.6 Å². The number of aromatic nitrogens is 2. The van der Waals surface area contributed by atoms with E-state index in [-0.39, 0.29) is 5.82 Å². The first-order chi connectivity index (χ1) is 7.58. The largest absolute Gasteiger partial charge is 0.389 e. The molecule has 0 bridgehead atoms. The van der Waals surface area contributed by atoms with Gasteiger partial charge in [-0.05, 0) is 47.7 Å². The van der Waals surface area contributed by atoms with Gasteiger partial charge in [0.25, 0.3) is 0 Å². The Hall–Kier alpha value is -0.950. The smallest absolute Gasteiger partial charge is 0.123 e. The lowest BCUT2D eigenvalue weighted by Gasteiger charge is -2.11. The van der Waals surface area contributed by atoms with E-state index in [1.54, 1.807) is 23.9 Å². The van der Waals surface area contributed by atoms with Crippen molar-refractivity contribution in [2.24, 2.45) is 0 Å². The van der Waals surface area contributed by atoms with Gasteiger partial charge in [0.15, 0.2) is 0 Å². The second kappa shape index (κ2) is 4.50. The van der Waals surface area contributed by atoms with Gasteiger partial charge in [-0.15, -0.1) is 0 Å². The maximum atomic E-state index is 13.1. The van der Waals surface area contributed by atoms with Gasteiger partial charge < -0.3 is 5.11 Å². The van der Waals surface area contributed by atoms with Crippen LogP contribution in [0.4, 0.5) is 4.39 Å². The molecule has 84 valence electrons. The maximum absolute atomic E-state index is 13.1. The van der Waals surface area contributed by atoms with Gasteiger partial charge in [-0.25, -0.2) is 9.07 Å². The fourth-order valence-electron chi connectivity index (χ4n) is 1.50. The normalized spacial score (nSPS) is 12.8. The second-order valence-electron chi connectivity index (χ2n) is 3.48. The zero-order valence-corrected chi connectivity index (χ0v) is 10.7. The molecule has 0 saturated carbocycles. The summed E-state index contributed by atoms with van der Waals surface area (Å²) in [5.41, 5.74) is 1.22. The Morgan fingerprint density at radius 3 is 2.81 bits per heavy atom. The van der Waals surface area contributed by atoms with Gasteiger partial charge in [0.05, 0.1) is 21.6 Å². The van der Waals surface area contributed by atoms with Crippen molar-refractivity contribution in [3.8, 4) is 5.69 Å². The fraction of sp³-hybridized carbons (Fsp3) is 0.182. The van der Waals surface area contributed by atoms with E-state index < -0.39 is 6.10 Å². The summed E-state index contributed by atoms with van der Waals surface area (Å²) >= 11 is 2.14. The van der Waals surface area contributed by atoms with Crippen LogP contribution in [0.3, 0.4) is 0 Å². The van der Waals surface area contributed by atoms with E-state index >= 15 is 0 Å². The summed E-state index contributed by atoms with van der Waals surface area (Å²) < 4.78 is 15.7. The molecule has 1 aromatic heterocycles. The number of aliphatic hydroxyl groups excluding tert-OH is 1. The van der Waals surface area contributed by atoms with Gasteiger partial charge in [-0.2, -0.15) is 5.10 Å². The fourth-order valence-corrected chi connectivity index (χ4v) is 1.89. The Labute approximate surface area is 106 Å². The van der Waals surface area contributed by atoms with E-state index in [1.165, 1.54) is 12.1 Å².